The van der Waals surface area contributed by atoms with Gasteiger partial charge in [-0.2, -0.15) is 23.5 Å². The van der Waals surface area contributed by atoms with Gasteiger partial charge in [0.1, 0.15) is 11.6 Å². The number of rotatable bonds is 3. The van der Waals surface area contributed by atoms with Gasteiger partial charge >= 0.3 is 0 Å². The van der Waals surface area contributed by atoms with Crippen molar-refractivity contribution in [3.63, 3.8) is 0 Å². The van der Waals surface area contributed by atoms with E-state index in [4.69, 9.17) is 5.84 Å². The van der Waals surface area contributed by atoms with Crippen LogP contribution in [-0.4, -0.2) is 21.5 Å². The van der Waals surface area contributed by atoms with Gasteiger partial charge in [0.25, 0.3) is 0 Å². The first kappa shape index (κ1) is 15.1. The Labute approximate surface area is 120 Å². The molecule has 6 heteroatoms. The number of thioether (sulfide) groups is 2. The van der Waals surface area contributed by atoms with E-state index >= 15 is 0 Å². The van der Waals surface area contributed by atoms with Crippen LogP contribution in [0.15, 0.2) is 18.2 Å². The molecule has 1 saturated heterocycles. The molecule has 1 aliphatic rings. The molecule has 1 aromatic rings. The van der Waals surface area contributed by atoms with Crippen LogP contribution in [0.3, 0.4) is 0 Å². The quantitative estimate of drug-likeness (QED) is 0.665. The van der Waals surface area contributed by atoms with Gasteiger partial charge in [-0.05, 0) is 12.1 Å². The molecule has 2 nitrogen and oxygen atoms in total. The molecule has 2 rings (SSSR count). The topological polar surface area (TPSA) is 38.0 Å². The van der Waals surface area contributed by atoms with Gasteiger partial charge in [-0.25, -0.2) is 8.78 Å². The number of nitrogens with one attached hydrogen (secondary N) is 1. The number of benzene rings is 1. The van der Waals surface area contributed by atoms with Gasteiger partial charge in [-0.3, -0.25) is 11.3 Å². The molecular formula is C13H18F2N2S2. The predicted molar refractivity (Wildman–Crippen MR) is 79.2 cm³/mol. The second kappa shape index (κ2) is 6.43. The molecule has 0 spiro atoms. The lowest BCUT2D eigenvalue weighted by Crippen LogP contribution is -2.41. The third-order valence-corrected chi connectivity index (χ3v) is 6.93. The van der Waals surface area contributed by atoms with Gasteiger partial charge in [0.15, 0.2) is 0 Å². The summed E-state index contributed by atoms with van der Waals surface area (Å²) in [5.74, 6) is 5.30. The number of nitrogens with two attached hydrogens (primary N) is 1. The predicted octanol–water partition coefficient (Wildman–Crippen LogP) is 3.09. The summed E-state index contributed by atoms with van der Waals surface area (Å²) in [4.78, 5) is 0. The minimum atomic E-state index is -0.542. The Balaban J connectivity index is 2.25. The zero-order valence-electron chi connectivity index (χ0n) is 10.9. The molecule has 1 aromatic carbocycles. The van der Waals surface area contributed by atoms with Crippen molar-refractivity contribution in [3.05, 3.63) is 35.4 Å². The monoisotopic (exact) mass is 304 g/mol. The molecule has 0 aliphatic carbocycles. The van der Waals surface area contributed by atoms with E-state index in [9.17, 15) is 8.78 Å². The molecular weight excluding hydrogens is 286 g/mol. The van der Waals surface area contributed by atoms with E-state index in [-0.39, 0.29) is 10.8 Å². The first-order valence-electron chi connectivity index (χ1n) is 6.21. The molecule has 106 valence electrons. The van der Waals surface area contributed by atoms with Crippen LogP contribution in [0.25, 0.3) is 0 Å². The number of hydrogen-bond donors (Lipinski definition) is 2. The molecule has 1 aliphatic heterocycles. The molecule has 1 fully saturated rings. The van der Waals surface area contributed by atoms with Crippen molar-refractivity contribution in [1.29, 1.82) is 0 Å². The van der Waals surface area contributed by atoms with Crippen molar-refractivity contribution < 1.29 is 8.78 Å². The second-order valence-electron chi connectivity index (χ2n) is 4.70. The molecule has 0 amide bonds. The van der Waals surface area contributed by atoms with Crippen molar-refractivity contribution in [3.8, 4) is 0 Å². The van der Waals surface area contributed by atoms with Crippen LogP contribution in [0.2, 0.25) is 0 Å². The van der Waals surface area contributed by atoms with Crippen LogP contribution >= 0.6 is 23.5 Å². The van der Waals surface area contributed by atoms with Crippen LogP contribution in [0, 0.1) is 11.6 Å². The largest absolute Gasteiger partial charge is 0.271 e. The maximum atomic E-state index is 13.9. The Hall–Kier alpha value is -0.300. The zero-order chi connectivity index (χ0) is 14.0. The summed E-state index contributed by atoms with van der Waals surface area (Å²) in [5.41, 5.74) is 2.64. The molecule has 4 unspecified atom stereocenters. The smallest absolute Gasteiger partial charge is 0.131 e. The fourth-order valence-corrected chi connectivity index (χ4v) is 5.25. The molecule has 1 heterocycles. The Kier molecular flexibility index (Phi) is 5.11. The van der Waals surface area contributed by atoms with E-state index in [1.54, 1.807) is 11.8 Å². The highest BCUT2D eigenvalue weighted by molar-refractivity contribution is 8.07. The van der Waals surface area contributed by atoms with Crippen LogP contribution in [0.1, 0.15) is 25.5 Å². The Morgan fingerprint density at radius 2 is 1.89 bits per heavy atom. The van der Waals surface area contributed by atoms with Gasteiger partial charge in [0.05, 0.1) is 6.04 Å². The lowest BCUT2D eigenvalue weighted by Gasteiger charge is -2.35. The summed E-state index contributed by atoms with van der Waals surface area (Å²) in [6.45, 7) is 4.31. The van der Waals surface area contributed by atoms with Crippen LogP contribution in [-0.2, 0) is 0 Å². The summed E-state index contributed by atoms with van der Waals surface area (Å²) in [7, 11) is 0. The fraction of sp³-hybridized carbons (Fsp3) is 0.538. The number of hydrogen-bond acceptors (Lipinski definition) is 4. The summed E-state index contributed by atoms with van der Waals surface area (Å²) in [5, 5.41) is 1.05. The van der Waals surface area contributed by atoms with Crippen LogP contribution in [0.4, 0.5) is 8.78 Å². The van der Waals surface area contributed by atoms with Gasteiger partial charge in [0, 0.05) is 27.1 Å². The van der Waals surface area contributed by atoms with E-state index < -0.39 is 17.7 Å². The van der Waals surface area contributed by atoms with Crippen LogP contribution < -0.4 is 11.3 Å². The summed E-state index contributed by atoms with van der Waals surface area (Å²) < 4.78 is 27.7. The standard InChI is InChI=1S/C13H18F2N2S2/c1-7-8(2)19-11(6-18-7)13(17-16)12-9(14)4-3-5-10(12)15/h3-5,7-8,11,13,17H,6,16H2,1-2H3. The SMILES string of the molecule is CC1SCC(C(NN)c2c(F)cccc2F)SC1C. The van der Waals surface area contributed by atoms with E-state index in [1.165, 1.54) is 18.2 Å². The highest BCUT2D eigenvalue weighted by Gasteiger charge is 2.34. The van der Waals surface area contributed by atoms with Gasteiger partial charge in [0.2, 0.25) is 0 Å². The first-order chi connectivity index (χ1) is 9.04. The normalized spacial score (nSPS) is 29.2. The molecule has 0 aromatic heterocycles. The highest BCUT2D eigenvalue weighted by Crippen LogP contribution is 2.41. The van der Waals surface area contributed by atoms with Crippen molar-refractivity contribution in [1.82, 2.24) is 5.43 Å². The van der Waals surface area contributed by atoms with Crippen molar-refractivity contribution in [2.75, 3.05) is 5.75 Å². The summed E-state index contributed by atoms with van der Waals surface area (Å²) in [6.07, 6.45) is 0. The summed E-state index contributed by atoms with van der Waals surface area (Å²) in [6, 6.07) is 3.41. The van der Waals surface area contributed by atoms with Gasteiger partial charge in [-0.15, -0.1) is 0 Å². The third-order valence-electron chi connectivity index (χ3n) is 3.44. The average Bonchev–Trinajstić information content (AvgIpc) is 2.37. The maximum Gasteiger partial charge on any atom is 0.131 e. The fourth-order valence-electron chi connectivity index (χ4n) is 2.17. The average molecular weight is 304 g/mol. The number of halogens is 2. The first-order valence-corrected chi connectivity index (χ1v) is 8.20. The Bertz CT molecular complexity index is 424. The van der Waals surface area contributed by atoms with Crippen molar-refractivity contribution in [2.45, 2.75) is 35.6 Å². The minimum Gasteiger partial charge on any atom is -0.271 e. The van der Waals surface area contributed by atoms with Crippen molar-refractivity contribution >= 4 is 23.5 Å². The van der Waals surface area contributed by atoms with Gasteiger partial charge in [-0.1, -0.05) is 19.9 Å². The van der Waals surface area contributed by atoms with E-state index in [1.807, 2.05) is 11.8 Å². The van der Waals surface area contributed by atoms with Crippen LogP contribution in [0.5, 0.6) is 0 Å². The second-order valence-corrected chi connectivity index (χ2v) is 7.73. The van der Waals surface area contributed by atoms with E-state index in [2.05, 4.69) is 19.3 Å². The molecule has 0 saturated carbocycles. The highest BCUT2D eigenvalue weighted by atomic mass is 32.2. The third kappa shape index (κ3) is 3.24. The molecule has 0 radical (unpaired) electrons. The number of hydrazine groups is 1. The molecule has 0 bridgehead atoms. The summed E-state index contributed by atoms with van der Waals surface area (Å²) >= 11 is 3.57. The Morgan fingerprint density at radius 1 is 1.26 bits per heavy atom. The van der Waals surface area contributed by atoms with E-state index in [0.29, 0.717) is 10.5 Å². The van der Waals surface area contributed by atoms with E-state index in [0.717, 1.165) is 5.75 Å². The molecule has 3 N–H and O–H groups in total. The molecule has 4 atom stereocenters. The lowest BCUT2D eigenvalue weighted by atomic mass is 10.0. The zero-order valence-corrected chi connectivity index (χ0v) is 12.5. The van der Waals surface area contributed by atoms with Crippen molar-refractivity contribution in [2.24, 2.45) is 5.84 Å². The lowest BCUT2D eigenvalue weighted by molar-refractivity contribution is 0.472. The minimum absolute atomic E-state index is 0.0462. The Morgan fingerprint density at radius 3 is 2.42 bits per heavy atom. The van der Waals surface area contributed by atoms with Gasteiger partial charge < -0.3 is 0 Å². The molecule has 19 heavy (non-hydrogen) atoms. The maximum absolute atomic E-state index is 13.9.